The van der Waals surface area contributed by atoms with Gasteiger partial charge in [-0.2, -0.15) is 5.10 Å². The van der Waals surface area contributed by atoms with Crippen LogP contribution in [0.2, 0.25) is 0 Å². The van der Waals surface area contributed by atoms with Gasteiger partial charge in [0.25, 0.3) is 11.8 Å². The third kappa shape index (κ3) is 5.61. The molecule has 7 nitrogen and oxygen atoms in total. The molecule has 37 heavy (non-hydrogen) atoms. The maximum Gasteiger partial charge on any atom is 0.272 e. The Labute approximate surface area is 217 Å². The van der Waals surface area contributed by atoms with Crippen LogP contribution in [0.4, 0.5) is 0 Å². The number of likely N-dealkylation sites (N-methyl/N-ethyl adjacent to an activating group) is 1. The number of rotatable bonds is 7. The van der Waals surface area contributed by atoms with Crippen molar-refractivity contribution < 1.29 is 9.59 Å². The summed E-state index contributed by atoms with van der Waals surface area (Å²) in [6, 6.07) is 25.2. The molecular formula is C30H31N5O2. The average molecular weight is 494 g/mol. The first-order valence-corrected chi connectivity index (χ1v) is 12.7. The number of carbonyl (C=O) groups excluding carboxylic acids is 2. The SMILES string of the molecule is CN(C(=O)c1ccccn1)C(Cc1ccccc1)C1CCN(C(=O)c2cccc(-n3cccn3)c2)CC1. The van der Waals surface area contributed by atoms with Gasteiger partial charge < -0.3 is 9.80 Å². The third-order valence-corrected chi connectivity index (χ3v) is 7.22. The van der Waals surface area contributed by atoms with Gasteiger partial charge in [0, 0.05) is 50.3 Å². The molecule has 1 saturated heterocycles. The smallest absolute Gasteiger partial charge is 0.272 e. The molecule has 0 spiro atoms. The Morgan fingerprint density at radius 2 is 1.73 bits per heavy atom. The normalized spacial score (nSPS) is 14.8. The van der Waals surface area contributed by atoms with Crippen LogP contribution < -0.4 is 0 Å². The van der Waals surface area contributed by atoms with Gasteiger partial charge in [0.15, 0.2) is 0 Å². The molecule has 0 aliphatic carbocycles. The molecule has 1 fully saturated rings. The number of aromatic nitrogens is 3. The van der Waals surface area contributed by atoms with Crippen molar-refractivity contribution in [1.29, 1.82) is 0 Å². The summed E-state index contributed by atoms with van der Waals surface area (Å²) in [6.45, 7) is 1.32. The fourth-order valence-corrected chi connectivity index (χ4v) is 5.17. The number of likely N-dealkylation sites (tertiary alicyclic amines) is 1. The molecule has 1 atom stereocenters. The molecule has 1 aliphatic rings. The van der Waals surface area contributed by atoms with Crippen molar-refractivity contribution >= 4 is 11.8 Å². The van der Waals surface area contributed by atoms with Gasteiger partial charge >= 0.3 is 0 Å². The predicted molar refractivity (Wildman–Crippen MR) is 142 cm³/mol. The highest BCUT2D eigenvalue weighted by Crippen LogP contribution is 2.28. The molecule has 188 valence electrons. The molecule has 1 unspecified atom stereocenters. The van der Waals surface area contributed by atoms with E-state index >= 15 is 0 Å². The molecule has 2 amide bonds. The molecule has 0 bridgehead atoms. The van der Waals surface area contributed by atoms with E-state index in [2.05, 4.69) is 22.2 Å². The number of carbonyl (C=O) groups is 2. The largest absolute Gasteiger partial charge is 0.339 e. The van der Waals surface area contributed by atoms with E-state index < -0.39 is 0 Å². The summed E-state index contributed by atoms with van der Waals surface area (Å²) < 4.78 is 1.76. The molecule has 4 aromatic rings. The minimum atomic E-state index is -0.0736. The Morgan fingerprint density at radius 3 is 2.43 bits per heavy atom. The summed E-state index contributed by atoms with van der Waals surface area (Å²) in [5.41, 5.74) is 3.17. The quantitative estimate of drug-likeness (QED) is 0.380. The Hall–Kier alpha value is -4.26. The van der Waals surface area contributed by atoms with Crippen LogP contribution >= 0.6 is 0 Å². The molecule has 3 heterocycles. The van der Waals surface area contributed by atoms with E-state index in [1.54, 1.807) is 23.1 Å². The van der Waals surface area contributed by atoms with Gasteiger partial charge in [0.1, 0.15) is 5.69 Å². The lowest BCUT2D eigenvalue weighted by molar-refractivity contribution is 0.0519. The molecule has 1 aliphatic heterocycles. The van der Waals surface area contributed by atoms with Crippen molar-refractivity contribution in [1.82, 2.24) is 24.6 Å². The predicted octanol–water partition coefficient (Wildman–Crippen LogP) is 4.50. The van der Waals surface area contributed by atoms with E-state index in [1.165, 1.54) is 5.56 Å². The fourth-order valence-electron chi connectivity index (χ4n) is 5.17. The lowest BCUT2D eigenvalue weighted by atomic mass is 9.84. The maximum absolute atomic E-state index is 13.3. The van der Waals surface area contributed by atoms with E-state index in [0.29, 0.717) is 24.3 Å². The van der Waals surface area contributed by atoms with Crippen molar-refractivity contribution in [2.24, 2.45) is 5.92 Å². The van der Waals surface area contributed by atoms with E-state index in [1.807, 2.05) is 83.7 Å². The van der Waals surface area contributed by atoms with Gasteiger partial charge in [0.2, 0.25) is 0 Å². The van der Waals surface area contributed by atoms with Crippen molar-refractivity contribution in [2.75, 3.05) is 20.1 Å². The lowest BCUT2D eigenvalue weighted by Crippen LogP contribution is -2.48. The summed E-state index contributed by atoms with van der Waals surface area (Å²) in [4.78, 5) is 34.7. The summed E-state index contributed by atoms with van der Waals surface area (Å²) >= 11 is 0. The number of hydrogen-bond acceptors (Lipinski definition) is 4. The Kier molecular flexibility index (Phi) is 7.40. The highest BCUT2D eigenvalue weighted by molar-refractivity contribution is 5.95. The van der Waals surface area contributed by atoms with Crippen molar-refractivity contribution in [2.45, 2.75) is 25.3 Å². The van der Waals surface area contributed by atoms with Gasteiger partial charge in [-0.05, 0) is 67.1 Å². The van der Waals surface area contributed by atoms with Crippen LogP contribution in [0, 0.1) is 5.92 Å². The van der Waals surface area contributed by atoms with Crippen molar-refractivity contribution in [3.63, 3.8) is 0 Å². The second kappa shape index (κ2) is 11.2. The number of amides is 2. The monoisotopic (exact) mass is 493 g/mol. The van der Waals surface area contributed by atoms with Gasteiger partial charge in [-0.15, -0.1) is 0 Å². The van der Waals surface area contributed by atoms with Crippen LogP contribution in [-0.4, -0.2) is 62.6 Å². The maximum atomic E-state index is 13.3. The highest BCUT2D eigenvalue weighted by atomic mass is 16.2. The Morgan fingerprint density at radius 1 is 0.946 bits per heavy atom. The standard InChI is InChI=1S/C30H31N5O2/c1-33(30(37)27-13-5-6-16-31-27)28(21-23-9-3-2-4-10-23)24-14-19-34(20-15-24)29(36)25-11-7-12-26(22-25)35-18-8-17-32-35/h2-13,16-18,22,24,28H,14-15,19-21H2,1H3. The van der Waals surface area contributed by atoms with Gasteiger partial charge in [-0.25, -0.2) is 4.68 Å². The number of piperidine rings is 1. The zero-order chi connectivity index (χ0) is 25.6. The zero-order valence-electron chi connectivity index (χ0n) is 21.0. The second-order valence-electron chi connectivity index (χ2n) is 9.52. The summed E-state index contributed by atoms with van der Waals surface area (Å²) in [6.07, 6.45) is 7.68. The lowest BCUT2D eigenvalue weighted by Gasteiger charge is -2.40. The van der Waals surface area contributed by atoms with Gasteiger partial charge in [-0.1, -0.05) is 42.5 Å². The number of nitrogens with zero attached hydrogens (tertiary/aromatic N) is 5. The average Bonchev–Trinajstić information content (AvgIpc) is 3.51. The molecule has 2 aromatic heterocycles. The first kappa shape index (κ1) is 24.4. The van der Waals surface area contributed by atoms with Crippen LogP contribution in [0.5, 0.6) is 0 Å². The Bertz CT molecular complexity index is 1320. The van der Waals surface area contributed by atoms with Crippen LogP contribution in [0.1, 0.15) is 39.3 Å². The van der Waals surface area contributed by atoms with Gasteiger partial charge in [0.05, 0.1) is 5.69 Å². The van der Waals surface area contributed by atoms with Crippen LogP contribution in [-0.2, 0) is 6.42 Å². The summed E-state index contributed by atoms with van der Waals surface area (Å²) in [7, 11) is 1.88. The molecule has 0 saturated carbocycles. The first-order valence-electron chi connectivity index (χ1n) is 12.7. The van der Waals surface area contributed by atoms with Gasteiger partial charge in [-0.3, -0.25) is 14.6 Å². The molecular weight excluding hydrogens is 462 g/mol. The highest BCUT2D eigenvalue weighted by Gasteiger charge is 2.33. The van der Waals surface area contributed by atoms with Crippen LogP contribution in [0.3, 0.4) is 0 Å². The minimum Gasteiger partial charge on any atom is -0.339 e. The van der Waals surface area contributed by atoms with Crippen LogP contribution in [0.25, 0.3) is 5.69 Å². The molecule has 2 aromatic carbocycles. The summed E-state index contributed by atoms with van der Waals surface area (Å²) in [5.74, 6) is 0.234. The molecule has 0 radical (unpaired) electrons. The van der Waals surface area contributed by atoms with E-state index in [9.17, 15) is 9.59 Å². The third-order valence-electron chi connectivity index (χ3n) is 7.22. The number of pyridine rings is 1. The minimum absolute atomic E-state index is 0.0114. The molecule has 7 heteroatoms. The second-order valence-corrected chi connectivity index (χ2v) is 9.52. The van der Waals surface area contributed by atoms with Crippen LogP contribution in [0.15, 0.2) is 97.5 Å². The topological polar surface area (TPSA) is 71.3 Å². The summed E-state index contributed by atoms with van der Waals surface area (Å²) in [5, 5.41) is 4.27. The first-order chi connectivity index (χ1) is 18.1. The van der Waals surface area contributed by atoms with E-state index in [4.69, 9.17) is 0 Å². The van der Waals surface area contributed by atoms with Crippen molar-refractivity contribution in [3.05, 3.63) is 114 Å². The fraction of sp³-hybridized carbons (Fsp3) is 0.267. The Balaban J connectivity index is 1.30. The van der Waals surface area contributed by atoms with Crippen molar-refractivity contribution in [3.8, 4) is 5.69 Å². The van der Waals surface area contributed by atoms with E-state index in [-0.39, 0.29) is 23.8 Å². The van der Waals surface area contributed by atoms with E-state index in [0.717, 1.165) is 24.9 Å². The molecule has 0 N–H and O–H groups in total. The molecule has 5 rings (SSSR count). The number of hydrogen-bond donors (Lipinski definition) is 0. The zero-order valence-corrected chi connectivity index (χ0v) is 21.0. The number of benzene rings is 2.